The van der Waals surface area contributed by atoms with Crippen molar-refractivity contribution < 1.29 is 14.2 Å². The molecule has 2 aliphatic rings. The Morgan fingerprint density at radius 2 is 2.10 bits per heavy atom. The van der Waals surface area contributed by atoms with Gasteiger partial charge < -0.3 is 29.7 Å². The Labute approximate surface area is 175 Å². The number of ether oxygens (including phenoxy) is 3. The molecule has 2 N–H and O–H groups in total. The van der Waals surface area contributed by atoms with Crippen molar-refractivity contribution in [2.45, 2.75) is 19.0 Å². The minimum atomic E-state index is 0.279. The number of halogens is 1. The van der Waals surface area contributed by atoms with Crippen molar-refractivity contribution in [3.8, 4) is 17.2 Å². The lowest BCUT2D eigenvalue weighted by molar-refractivity contribution is 0.174. The van der Waals surface area contributed by atoms with Crippen LogP contribution in [-0.2, 0) is 6.54 Å². The van der Waals surface area contributed by atoms with E-state index in [9.17, 15) is 0 Å². The second kappa shape index (κ2) is 8.69. The Kier molecular flexibility index (Phi) is 5.85. The van der Waals surface area contributed by atoms with Crippen LogP contribution in [0.2, 0.25) is 5.02 Å². The third-order valence-corrected chi connectivity index (χ3v) is 5.37. The van der Waals surface area contributed by atoms with Crippen molar-refractivity contribution in [2.75, 3.05) is 38.9 Å². The van der Waals surface area contributed by atoms with Gasteiger partial charge in [0.05, 0.1) is 12.8 Å². The zero-order valence-electron chi connectivity index (χ0n) is 16.6. The first-order chi connectivity index (χ1) is 14.2. The number of guanidine groups is 1. The smallest absolute Gasteiger partial charge is 0.231 e. The molecule has 1 atom stereocenters. The number of aliphatic imine (C=N–C) groups is 1. The highest BCUT2D eigenvalue weighted by Gasteiger charge is 2.25. The molecule has 0 bridgehead atoms. The van der Waals surface area contributed by atoms with E-state index in [2.05, 4.69) is 20.5 Å². The third-order valence-electron chi connectivity index (χ3n) is 5.13. The number of benzene rings is 2. The molecule has 8 heteroatoms. The summed E-state index contributed by atoms with van der Waals surface area (Å²) in [6, 6.07) is 11.9. The monoisotopic (exact) mass is 416 g/mol. The summed E-state index contributed by atoms with van der Waals surface area (Å²) in [6.07, 6.45) is 1.00. The highest BCUT2D eigenvalue weighted by Crippen LogP contribution is 2.34. The first-order valence-electron chi connectivity index (χ1n) is 9.60. The van der Waals surface area contributed by atoms with Gasteiger partial charge in [-0.3, -0.25) is 4.99 Å². The van der Waals surface area contributed by atoms with Crippen LogP contribution >= 0.6 is 11.6 Å². The van der Waals surface area contributed by atoms with Crippen LogP contribution in [0, 0.1) is 0 Å². The Balaban J connectivity index is 1.33. The molecular formula is C21H25ClN4O3. The molecule has 2 aromatic carbocycles. The highest BCUT2D eigenvalue weighted by atomic mass is 35.5. The van der Waals surface area contributed by atoms with Gasteiger partial charge in [0.1, 0.15) is 5.75 Å². The highest BCUT2D eigenvalue weighted by molar-refractivity contribution is 6.30. The number of anilines is 1. The van der Waals surface area contributed by atoms with Crippen LogP contribution in [-0.4, -0.2) is 46.0 Å². The fourth-order valence-electron chi connectivity index (χ4n) is 3.63. The van der Waals surface area contributed by atoms with Gasteiger partial charge in [0.15, 0.2) is 17.5 Å². The van der Waals surface area contributed by atoms with Crippen molar-refractivity contribution >= 4 is 23.2 Å². The number of methoxy groups -OCH3 is 1. The Bertz CT molecular complexity index is 905. The molecule has 2 heterocycles. The zero-order chi connectivity index (χ0) is 20.2. The van der Waals surface area contributed by atoms with Gasteiger partial charge in [0.2, 0.25) is 6.79 Å². The predicted molar refractivity (Wildman–Crippen MR) is 115 cm³/mol. The van der Waals surface area contributed by atoms with Crippen LogP contribution in [0.15, 0.2) is 41.4 Å². The van der Waals surface area contributed by atoms with E-state index in [0.29, 0.717) is 11.6 Å². The maximum Gasteiger partial charge on any atom is 0.231 e. The number of fused-ring (bicyclic) bond motifs is 1. The summed E-state index contributed by atoms with van der Waals surface area (Å²) >= 11 is 6.19. The molecule has 0 saturated carbocycles. The van der Waals surface area contributed by atoms with E-state index in [4.69, 9.17) is 25.8 Å². The largest absolute Gasteiger partial charge is 0.495 e. The van der Waals surface area contributed by atoms with Crippen LogP contribution in [0.25, 0.3) is 0 Å². The van der Waals surface area contributed by atoms with E-state index in [-0.39, 0.29) is 12.8 Å². The Morgan fingerprint density at radius 3 is 2.93 bits per heavy atom. The first kappa shape index (κ1) is 19.5. The molecule has 2 aromatic rings. The SMILES string of the molecule is CN=C(NCc1ccc2c(c1)OCO2)NC1CCN(c2cc(Cl)ccc2OC)C1. The van der Waals surface area contributed by atoms with E-state index < -0.39 is 0 Å². The van der Waals surface area contributed by atoms with Crippen LogP contribution in [0.3, 0.4) is 0 Å². The second-order valence-electron chi connectivity index (χ2n) is 7.01. The van der Waals surface area contributed by atoms with Crippen molar-refractivity contribution in [2.24, 2.45) is 4.99 Å². The summed E-state index contributed by atoms with van der Waals surface area (Å²) < 4.78 is 16.3. The zero-order valence-corrected chi connectivity index (χ0v) is 17.3. The van der Waals surface area contributed by atoms with Gasteiger partial charge >= 0.3 is 0 Å². The molecule has 0 aromatic heterocycles. The van der Waals surface area contributed by atoms with Crippen LogP contribution < -0.4 is 29.7 Å². The van der Waals surface area contributed by atoms with Gasteiger partial charge in [-0.25, -0.2) is 0 Å². The lowest BCUT2D eigenvalue weighted by Gasteiger charge is -2.22. The number of nitrogens with one attached hydrogen (secondary N) is 2. The van der Waals surface area contributed by atoms with Gasteiger partial charge in [0.25, 0.3) is 0 Å². The van der Waals surface area contributed by atoms with Crippen LogP contribution in [0.4, 0.5) is 5.69 Å². The quantitative estimate of drug-likeness (QED) is 0.577. The van der Waals surface area contributed by atoms with Crippen molar-refractivity contribution in [1.82, 2.24) is 10.6 Å². The molecule has 4 rings (SSSR count). The summed E-state index contributed by atoms with van der Waals surface area (Å²) in [5.74, 6) is 3.18. The van der Waals surface area contributed by atoms with Gasteiger partial charge in [-0.1, -0.05) is 17.7 Å². The minimum absolute atomic E-state index is 0.279. The maximum atomic E-state index is 6.19. The first-order valence-corrected chi connectivity index (χ1v) is 9.98. The predicted octanol–water partition coefficient (Wildman–Crippen LogP) is 3.02. The van der Waals surface area contributed by atoms with E-state index >= 15 is 0 Å². The van der Waals surface area contributed by atoms with Gasteiger partial charge in [0, 0.05) is 37.7 Å². The fraction of sp³-hybridized carbons (Fsp3) is 0.381. The summed E-state index contributed by atoms with van der Waals surface area (Å²) in [6.45, 7) is 2.70. The molecule has 0 aliphatic carbocycles. The maximum absolute atomic E-state index is 6.19. The number of hydrogen-bond acceptors (Lipinski definition) is 5. The van der Waals surface area contributed by atoms with Gasteiger partial charge in [-0.2, -0.15) is 0 Å². The van der Waals surface area contributed by atoms with Crippen LogP contribution in [0.5, 0.6) is 17.2 Å². The third kappa shape index (κ3) is 4.45. The van der Waals surface area contributed by atoms with Crippen molar-refractivity contribution in [3.05, 3.63) is 47.0 Å². The van der Waals surface area contributed by atoms with Crippen molar-refractivity contribution in [3.63, 3.8) is 0 Å². The summed E-state index contributed by atoms with van der Waals surface area (Å²) in [7, 11) is 3.46. The molecular weight excluding hydrogens is 392 g/mol. The molecule has 29 heavy (non-hydrogen) atoms. The van der Waals surface area contributed by atoms with Gasteiger partial charge in [-0.15, -0.1) is 0 Å². The van der Waals surface area contributed by atoms with E-state index in [1.807, 2.05) is 36.4 Å². The molecule has 2 aliphatic heterocycles. The lowest BCUT2D eigenvalue weighted by Crippen LogP contribution is -2.44. The van der Waals surface area contributed by atoms with Crippen LogP contribution in [0.1, 0.15) is 12.0 Å². The average molecular weight is 417 g/mol. The molecule has 154 valence electrons. The van der Waals surface area contributed by atoms with Gasteiger partial charge in [-0.05, 0) is 42.3 Å². The summed E-state index contributed by atoms with van der Waals surface area (Å²) in [5, 5.41) is 7.58. The lowest BCUT2D eigenvalue weighted by atomic mass is 10.2. The Hall–Kier alpha value is -2.80. The molecule has 1 unspecified atom stereocenters. The summed E-state index contributed by atoms with van der Waals surface area (Å²) in [5.41, 5.74) is 2.13. The van der Waals surface area contributed by atoms with E-state index in [1.54, 1.807) is 14.2 Å². The van der Waals surface area contributed by atoms with E-state index in [1.165, 1.54) is 0 Å². The van der Waals surface area contributed by atoms with E-state index in [0.717, 1.165) is 54.0 Å². The molecule has 7 nitrogen and oxygen atoms in total. The number of rotatable bonds is 5. The molecule has 1 saturated heterocycles. The molecule has 0 spiro atoms. The minimum Gasteiger partial charge on any atom is -0.495 e. The molecule has 0 radical (unpaired) electrons. The van der Waals surface area contributed by atoms with Crippen molar-refractivity contribution in [1.29, 1.82) is 0 Å². The normalized spacial score (nSPS) is 18.1. The fourth-order valence-corrected chi connectivity index (χ4v) is 3.80. The number of nitrogens with zero attached hydrogens (tertiary/aromatic N) is 2. The summed E-state index contributed by atoms with van der Waals surface area (Å²) in [4.78, 5) is 6.64. The molecule has 0 amide bonds. The standard InChI is InChI=1S/C21H25ClN4O3/c1-23-21(24-11-14-3-5-19-20(9-14)29-13-28-19)25-16-7-8-26(12-16)17-10-15(22)4-6-18(17)27-2/h3-6,9-10,16H,7-8,11-13H2,1-2H3,(H2,23,24,25). The number of hydrogen-bond donors (Lipinski definition) is 2. The Morgan fingerprint density at radius 1 is 1.24 bits per heavy atom. The topological polar surface area (TPSA) is 67.4 Å². The second-order valence-corrected chi connectivity index (χ2v) is 7.44. The molecule has 1 fully saturated rings. The average Bonchev–Trinajstić information content (AvgIpc) is 3.40.